The van der Waals surface area contributed by atoms with Crippen LogP contribution in [0.15, 0.2) is 24.5 Å². The summed E-state index contributed by atoms with van der Waals surface area (Å²) in [6.07, 6.45) is 5.32. The molecular formula is C12H17NO3. The fourth-order valence-electron chi connectivity index (χ4n) is 1.33. The monoisotopic (exact) mass is 223 g/mol. The summed E-state index contributed by atoms with van der Waals surface area (Å²) in [5, 5.41) is 0. The molecule has 0 saturated heterocycles. The molecule has 16 heavy (non-hydrogen) atoms. The second-order valence-corrected chi connectivity index (χ2v) is 3.46. The van der Waals surface area contributed by atoms with Gasteiger partial charge in [-0.05, 0) is 25.0 Å². The van der Waals surface area contributed by atoms with Crippen LogP contribution in [0.5, 0.6) is 5.75 Å². The molecule has 0 amide bonds. The Morgan fingerprint density at radius 2 is 2.38 bits per heavy atom. The van der Waals surface area contributed by atoms with Crippen LogP contribution in [0.25, 0.3) is 0 Å². The van der Waals surface area contributed by atoms with Crippen molar-refractivity contribution in [3.05, 3.63) is 24.5 Å². The van der Waals surface area contributed by atoms with Crippen molar-refractivity contribution >= 4 is 5.97 Å². The Morgan fingerprint density at radius 1 is 1.56 bits per heavy atom. The summed E-state index contributed by atoms with van der Waals surface area (Å²) >= 11 is 0. The van der Waals surface area contributed by atoms with E-state index >= 15 is 0 Å². The van der Waals surface area contributed by atoms with Gasteiger partial charge < -0.3 is 9.47 Å². The number of hydrogen-bond donors (Lipinski definition) is 0. The molecule has 0 fully saturated rings. The molecule has 1 aromatic heterocycles. The maximum Gasteiger partial charge on any atom is 0.347 e. The lowest BCUT2D eigenvalue weighted by molar-refractivity contribution is -0.149. The summed E-state index contributed by atoms with van der Waals surface area (Å²) in [5.41, 5.74) is 0. The molecule has 1 unspecified atom stereocenters. The van der Waals surface area contributed by atoms with E-state index < -0.39 is 6.10 Å². The normalized spacial score (nSPS) is 11.9. The summed E-state index contributed by atoms with van der Waals surface area (Å²) < 4.78 is 10.2. The Labute approximate surface area is 95.6 Å². The van der Waals surface area contributed by atoms with Gasteiger partial charge in [-0.3, -0.25) is 4.98 Å². The lowest BCUT2D eigenvalue weighted by atomic mass is 10.1. The minimum atomic E-state index is -0.533. The van der Waals surface area contributed by atoms with Crippen LogP contribution in [-0.2, 0) is 9.53 Å². The molecule has 0 aliphatic carbocycles. The summed E-state index contributed by atoms with van der Waals surface area (Å²) in [5.74, 6) is 0.256. The molecule has 0 aliphatic heterocycles. The average molecular weight is 223 g/mol. The number of methoxy groups -OCH3 is 1. The second kappa shape index (κ2) is 6.82. The number of carbonyl (C=O) groups excluding carboxylic acids is 1. The highest BCUT2D eigenvalue weighted by atomic mass is 16.6. The molecule has 0 bridgehead atoms. The molecule has 0 aromatic carbocycles. The summed E-state index contributed by atoms with van der Waals surface area (Å²) in [4.78, 5) is 15.4. The van der Waals surface area contributed by atoms with Crippen LogP contribution in [0.4, 0.5) is 0 Å². The van der Waals surface area contributed by atoms with Crippen LogP contribution < -0.4 is 4.74 Å². The van der Waals surface area contributed by atoms with Crippen molar-refractivity contribution in [2.45, 2.75) is 32.3 Å². The molecule has 4 heteroatoms. The SMILES string of the molecule is CCCCC(Oc1cccnc1)C(=O)OC. The first-order chi connectivity index (χ1) is 7.77. The highest BCUT2D eigenvalue weighted by Gasteiger charge is 2.20. The van der Waals surface area contributed by atoms with E-state index in [2.05, 4.69) is 11.9 Å². The number of pyridine rings is 1. The maximum absolute atomic E-state index is 11.5. The van der Waals surface area contributed by atoms with Crippen molar-refractivity contribution in [1.29, 1.82) is 0 Å². The third-order valence-corrected chi connectivity index (χ3v) is 2.20. The molecule has 1 atom stereocenters. The van der Waals surface area contributed by atoms with Gasteiger partial charge in [0.05, 0.1) is 13.3 Å². The predicted octanol–water partition coefficient (Wildman–Crippen LogP) is 2.19. The van der Waals surface area contributed by atoms with E-state index in [-0.39, 0.29) is 5.97 Å². The van der Waals surface area contributed by atoms with Gasteiger partial charge in [-0.15, -0.1) is 0 Å². The summed E-state index contributed by atoms with van der Waals surface area (Å²) in [6, 6.07) is 3.54. The first kappa shape index (κ1) is 12.5. The van der Waals surface area contributed by atoms with Crippen molar-refractivity contribution in [3.8, 4) is 5.75 Å². The molecule has 4 nitrogen and oxygen atoms in total. The van der Waals surface area contributed by atoms with E-state index in [0.29, 0.717) is 12.2 Å². The lowest BCUT2D eigenvalue weighted by Gasteiger charge is -2.16. The lowest BCUT2D eigenvalue weighted by Crippen LogP contribution is -2.28. The summed E-state index contributed by atoms with van der Waals surface area (Å²) in [6.45, 7) is 2.07. The maximum atomic E-state index is 11.5. The topological polar surface area (TPSA) is 48.4 Å². The number of hydrogen-bond acceptors (Lipinski definition) is 4. The van der Waals surface area contributed by atoms with Crippen LogP contribution >= 0.6 is 0 Å². The predicted molar refractivity (Wildman–Crippen MR) is 60.2 cm³/mol. The standard InChI is InChI=1S/C12H17NO3/c1-3-4-7-11(12(14)15-2)16-10-6-5-8-13-9-10/h5-6,8-9,11H,3-4,7H2,1-2H3. The van der Waals surface area contributed by atoms with Gasteiger partial charge in [-0.25, -0.2) is 4.79 Å². The summed E-state index contributed by atoms with van der Waals surface area (Å²) in [7, 11) is 1.37. The Morgan fingerprint density at radius 3 is 2.94 bits per heavy atom. The van der Waals surface area contributed by atoms with Gasteiger partial charge in [0.25, 0.3) is 0 Å². The average Bonchev–Trinajstić information content (AvgIpc) is 2.34. The van der Waals surface area contributed by atoms with E-state index in [1.54, 1.807) is 24.5 Å². The zero-order chi connectivity index (χ0) is 11.8. The zero-order valence-electron chi connectivity index (χ0n) is 9.68. The van der Waals surface area contributed by atoms with Crippen molar-refractivity contribution in [1.82, 2.24) is 4.98 Å². The molecule has 0 spiro atoms. The van der Waals surface area contributed by atoms with Crippen molar-refractivity contribution < 1.29 is 14.3 Å². The number of rotatable bonds is 6. The molecule has 0 N–H and O–H groups in total. The van der Waals surface area contributed by atoms with E-state index in [0.717, 1.165) is 12.8 Å². The van der Waals surface area contributed by atoms with Crippen LogP contribution in [0.1, 0.15) is 26.2 Å². The molecule has 0 aliphatic rings. The van der Waals surface area contributed by atoms with Gasteiger partial charge in [-0.1, -0.05) is 13.3 Å². The van der Waals surface area contributed by atoms with Gasteiger partial charge in [-0.2, -0.15) is 0 Å². The van der Waals surface area contributed by atoms with Crippen LogP contribution in [0, 0.1) is 0 Å². The molecule has 1 aromatic rings. The van der Waals surface area contributed by atoms with E-state index in [9.17, 15) is 4.79 Å². The van der Waals surface area contributed by atoms with Gasteiger partial charge in [0, 0.05) is 6.20 Å². The Bertz CT molecular complexity index is 313. The molecule has 88 valence electrons. The minimum Gasteiger partial charge on any atom is -0.477 e. The van der Waals surface area contributed by atoms with Crippen LogP contribution in [0.3, 0.4) is 0 Å². The minimum absolute atomic E-state index is 0.336. The largest absolute Gasteiger partial charge is 0.477 e. The van der Waals surface area contributed by atoms with Gasteiger partial charge >= 0.3 is 5.97 Å². The number of ether oxygens (including phenoxy) is 2. The van der Waals surface area contributed by atoms with E-state index in [1.165, 1.54) is 7.11 Å². The Kier molecular flexibility index (Phi) is 5.32. The first-order valence-corrected chi connectivity index (χ1v) is 5.42. The number of aromatic nitrogens is 1. The quantitative estimate of drug-likeness (QED) is 0.694. The van der Waals surface area contributed by atoms with Crippen LogP contribution in [-0.4, -0.2) is 24.2 Å². The van der Waals surface area contributed by atoms with Crippen molar-refractivity contribution in [2.75, 3.05) is 7.11 Å². The highest BCUT2D eigenvalue weighted by Crippen LogP contribution is 2.13. The first-order valence-electron chi connectivity index (χ1n) is 5.42. The van der Waals surface area contributed by atoms with Crippen molar-refractivity contribution in [2.24, 2.45) is 0 Å². The Balaban J connectivity index is 2.59. The third kappa shape index (κ3) is 3.88. The molecule has 1 heterocycles. The zero-order valence-corrected chi connectivity index (χ0v) is 9.68. The molecule has 0 saturated carbocycles. The number of carbonyl (C=O) groups is 1. The number of unbranched alkanes of at least 4 members (excludes halogenated alkanes) is 1. The fourth-order valence-corrected chi connectivity index (χ4v) is 1.33. The highest BCUT2D eigenvalue weighted by molar-refractivity contribution is 5.74. The fraction of sp³-hybridized carbons (Fsp3) is 0.500. The smallest absolute Gasteiger partial charge is 0.347 e. The van der Waals surface area contributed by atoms with E-state index in [4.69, 9.17) is 9.47 Å². The van der Waals surface area contributed by atoms with E-state index in [1.807, 2.05) is 0 Å². The number of esters is 1. The van der Waals surface area contributed by atoms with Gasteiger partial charge in [0.2, 0.25) is 0 Å². The van der Waals surface area contributed by atoms with Gasteiger partial charge in [0.1, 0.15) is 5.75 Å². The molecule has 1 rings (SSSR count). The van der Waals surface area contributed by atoms with Crippen molar-refractivity contribution in [3.63, 3.8) is 0 Å². The molecule has 0 radical (unpaired) electrons. The third-order valence-electron chi connectivity index (χ3n) is 2.20. The molecular weight excluding hydrogens is 206 g/mol. The van der Waals surface area contributed by atoms with Crippen LogP contribution in [0.2, 0.25) is 0 Å². The number of nitrogens with zero attached hydrogens (tertiary/aromatic N) is 1. The van der Waals surface area contributed by atoms with Gasteiger partial charge in [0.15, 0.2) is 6.10 Å². The Hall–Kier alpha value is -1.58. The second-order valence-electron chi connectivity index (χ2n) is 3.46.